The van der Waals surface area contributed by atoms with E-state index in [-0.39, 0.29) is 23.5 Å². The maximum absolute atomic E-state index is 12.9. The van der Waals surface area contributed by atoms with E-state index in [0.29, 0.717) is 36.8 Å². The van der Waals surface area contributed by atoms with Crippen LogP contribution in [0.2, 0.25) is 5.15 Å². The number of halogens is 1. The summed E-state index contributed by atoms with van der Waals surface area (Å²) >= 11 is 6.07. The summed E-state index contributed by atoms with van der Waals surface area (Å²) in [5.74, 6) is 0.0506. The summed E-state index contributed by atoms with van der Waals surface area (Å²) in [7, 11) is 0. The zero-order chi connectivity index (χ0) is 17.0. The van der Waals surface area contributed by atoms with Crippen molar-refractivity contribution in [3.63, 3.8) is 0 Å². The Bertz CT molecular complexity index is 550. The van der Waals surface area contributed by atoms with Crippen molar-refractivity contribution in [1.29, 1.82) is 0 Å². The number of amides is 1. The number of pyridine rings is 1. The Morgan fingerprint density at radius 2 is 2.35 bits per heavy atom. The Balaban J connectivity index is 2.11. The highest BCUT2D eigenvalue weighted by Gasteiger charge is 2.33. The zero-order valence-electron chi connectivity index (χ0n) is 14.1. The quantitative estimate of drug-likeness (QED) is 0.828. The van der Waals surface area contributed by atoms with E-state index in [1.54, 1.807) is 12.3 Å². The third-order valence-corrected chi connectivity index (χ3v) is 4.55. The maximum Gasteiger partial charge on any atom is 0.245 e. The van der Waals surface area contributed by atoms with Crippen molar-refractivity contribution in [2.75, 3.05) is 18.4 Å². The predicted octanol–water partition coefficient (Wildman–Crippen LogP) is 2.94. The SMILES string of the molecule is CCC(Nc1cccnc1Cl)C(=O)N1CCC(O)CC(C)(C)C1. The number of aliphatic hydroxyl groups is 1. The first-order valence-electron chi connectivity index (χ1n) is 8.16. The van der Waals surface area contributed by atoms with E-state index in [2.05, 4.69) is 24.1 Å². The molecule has 0 bridgehead atoms. The summed E-state index contributed by atoms with van der Waals surface area (Å²) in [6.07, 6.45) is 3.27. The Labute approximate surface area is 143 Å². The fraction of sp³-hybridized carbons (Fsp3) is 0.647. The topological polar surface area (TPSA) is 65.5 Å². The number of nitrogens with zero attached hydrogens (tertiary/aromatic N) is 2. The van der Waals surface area contributed by atoms with Gasteiger partial charge in [-0.25, -0.2) is 4.98 Å². The molecule has 1 aromatic rings. The molecule has 1 fully saturated rings. The van der Waals surface area contributed by atoms with Crippen LogP contribution < -0.4 is 5.32 Å². The van der Waals surface area contributed by atoms with Gasteiger partial charge in [-0.05, 0) is 36.8 Å². The monoisotopic (exact) mass is 339 g/mol. The van der Waals surface area contributed by atoms with E-state index in [1.165, 1.54) is 0 Å². The highest BCUT2D eigenvalue weighted by molar-refractivity contribution is 6.32. The van der Waals surface area contributed by atoms with Gasteiger partial charge >= 0.3 is 0 Å². The van der Waals surface area contributed by atoms with Crippen LogP contribution in [0.4, 0.5) is 5.69 Å². The molecule has 2 heterocycles. The normalized spacial score (nSPS) is 22.3. The molecule has 0 spiro atoms. The molecule has 2 atom stereocenters. The van der Waals surface area contributed by atoms with E-state index in [0.717, 1.165) is 6.42 Å². The Kier molecular flexibility index (Phi) is 5.87. The van der Waals surface area contributed by atoms with E-state index >= 15 is 0 Å². The van der Waals surface area contributed by atoms with Gasteiger partial charge < -0.3 is 15.3 Å². The molecular weight excluding hydrogens is 314 g/mol. The van der Waals surface area contributed by atoms with Gasteiger partial charge in [0, 0.05) is 19.3 Å². The molecule has 5 nitrogen and oxygen atoms in total. The van der Waals surface area contributed by atoms with Crippen LogP contribution in [0, 0.1) is 5.41 Å². The molecule has 2 rings (SSSR count). The van der Waals surface area contributed by atoms with Crippen molar-refractivity contribution in [3.8, 4) is 0 Å². The van der Waals surface area contributed by atoms with Crippen LogP contribution in [0.15, 0.2) is 18.3 Å². The average molecular weight is 340 g/mol. The van der Waals surface area contributed by atoms with E-state index in [1.807, 2.05) is 17.9 Å². The van der Waals surface area contributed by atoms with Crippen LogP contribution in [0.5, 0.6) is 0 Å². The Morgan fingerprint density at radius 3 is 3.00 bits per heavy atom. The van der Waals surface area contributed by atoms with Crippen LogP contribution >= 0.6 is 11.6 Å². The van der Waals surface area contributed by atoms with E-state index < -0.39 is 0 Å². The third kappa shape index (κ3) is 4.82. The second-order valence-electron chi connectivity index (χ2n) is 7.02. The second kappa shape index (κ2) is 7.49. The minimum atomic E-state index is -0.345. The Hall–Kier alpha value is -1.33. The number of nitrogens with one attached hydrogen (secondary N) is 1. The molecular formula is C17H26ClN3O2. The average Bonchev–Trinajstić information content (AvgIpc) is 2.63. The maximum atomic E-state index is 12.9. The number of likely N-dealkylation sites (tertiary alicyclic amines) is 1. The van der Waals surface area contributed by atoms with Gasteiger partial charge in [-0.1, -0.05) is 32.4 Å². The molecule has 128 valence electrons. The molecule has 1 aliphatic rings. The highest BCUT2D eigenvalue weighted by atomic mass is 35.5. The summed E-state index contributed by atoms with van der Waals surface area (Å²) in [5.41, 5.74) is 0.582. The molecule has 0 aliphatic carbocycles. The zero-order valence-corrected chi connectivity index (χ0v) is 14.8. The van der Waals surface area contributed by atoms with Crippen LogP contribution in [-0.2, 0) is 4.79 Å². The largest absolute Gasteiger partial charge is 0.393 e. The summed E-state index contributed by atoms with van der Waals surface area (Å²) in [4.78, 5) is 18.8. The molecule has 0 saturated carbocycles. The van der Waals surface area contributed by atoms with Crippen LogP contribution in [0.1, 0.15) is 40.0 Å². The number of hydrogen-bond acceptors (Lipinski definition) is 4. The highest BCUT2D eigenvalue weighted by Crippen LogP contribution is 2.29. The first-order chi connectivity index (χ1) is 10.8. The van der Waals surface area contributed by atoms with Crippen molar-refractivity contribution in [1.82, 2.24) is 9.88 Å². The third-order valence-electron chi connectivity index (χ3n) is 4.25. The van der Waals surface area contributed by atoms with Gasteiger partial charge in [-0.15, -0.1) is 0 Å². The van der Waals surface area contributed by atoms with Crippen molar-refractivity contribution in [2.24, 2.45) is 5.41 Å². The van der Waals surface area contributed by atoms with Crippen LogP contribution in [0.3, 0.4) is 0 Å². The lowest BCUT2D eigenvalue weighted by atomic mass is 9.87. The Morgan fingerprint density at radius 1 is 1.61 bits per heavy atom. The first-order valence-corrected chi connectivity index (χ1v) is 8.54. The summed E-state index contributed by atoms with van der Waals surface area (Å²) in [6.45, 7) is 7.39. The lowest BCUT2D eigenvalue weighted by Crippen LogP contribution is -2.45. The molecule has 23 heavy (non-hydrogen) atoms. The second-order valence-corrected chi connectivity index (χ2v) is 7.38. The van der Waals surface area contributed by atoms with Gasteiger partial charge in [0.1, 0.15) is 6.04 Å². The molecule has 6 heteroatoms. The number of anilines is 1. The lowest BCUT2D eigenvalue weighted by molar-refractivity contribution is -0.133. The van der Waals surface area contributed by atoms with Gasteiger partial charge in [-0.3, -0.25) is 4.79 Å². The predicted molar refractivity (Wildman–Crippen MR) is 92.6 cm³/mol. The van der Waals surface area contributed by atoms with Gasteiger partial charge in [0.15, 0.2) is 5.15 Å². The number of carbonyl (C=O) groups excluding carboxylic acids is 1. The molecule has 2 N–H and O–H groups in total. The molecule has 0 radical (unpaired) electrons. The van der Waals surface area contributed by atoms with Gasteiger partial charge in [0.25, 0.3) is 0 Å². The summed E-state index contributed by atoms with van der Waals surface area (Å²) in [5, 5.41) is 13.6. The lowest BCUT2D eigenvalue weighted by Gasteiger charge is -2.32. The summed E-state index contributed by atoms with van der Waals surface area (Å²) in [6, 6.07) is 3.26. The first kappa shape index (κ1) is 18.0. The number of aromatic nitrogens is 1. The van der Waals surface area contributed by atoms with Crippen molar-refractivity contribution < 1.29 is 9.90 Å². The molecule has 0 aromatic carbocycles. The van der Waals surface area contributed by atoms with Crippen molar-refractivity contribution in [3.05, 3.63) is 23.5 Å². The van der Waals surface area contributed by atoms with Crippen molar-refractivity contribution in [2.45, 2.75) is 52.2 Å². The number of hydrogen-bond donors (Lipinski definition) is 2. The molecule has 1 amide bonds. The van der Waals surface area contributed by atoms with E-state index in [4.69, 9.17) is 11.6 Å². The molecule has 1 aliphatic heterocycles. The van der Waals surface area contributed by atoms with Gasteiger partial charge in [0.2, 0.25) is 5.91 Å². The van der Waals surface area contributed by atoms with Gasteiger partial charge in [-0.2, -0.15) is 0 Å². The van der Waals surface area contributed by atoms with Crippen LogP contribution in [0.25, 0.3) is 0 Å². The number of carbonyl (C=O) groups is 1. The fourth-order valence-corrected chi connectivity index (χ4v) is 3.31. The van der Waals surface area contributed by atoms with E-state index in [9.17, 15) is 9.90 Å². The van der Waals surface area contributed by atoms with Gasteiger partial charge in [0.05, 0.1) is 11.8 Å². The molecule has 2 unspecified atom stereocenters. The summed E-state index contributed by atoms with van der Waals surface area (Å²) < 4.78 is 0. The molecule has 1 aromatic heterocycles. The fourth-order valence-electron chi connectivity index (χ4n) is 3.13. The minimum absolute atomic E-state index is 0.0506. The molecule has 1 saturated heterocycles. The van der Waals surface area contributed by atoms with Crippen molar-refractivity contribution >= 4 is 23.2 Å². The number of aliphatic hydroxyl groups excluding tert-OH is 1. The smallest absolute Gasteiger partial charge is 0.245 e. The van der Waals surface area contributed by atoms with Crippen LogP contribution in [-0.4, -0.2) is 46.1 Å². The number of rotatable bonds is 4. The standard InChI is InChI=1S/C17H26ClN3O2/c1-4-13(20-14-6-5-8-19-15(14)18)16(23)21-9-7-12(22)10-17(2,3)11-21/h5-6,8,12-13,20,22H,4,7,9-11H2,1-3H3. The minimum Gasteiger partial charge on any atom is -0.393 e.